The van der Waals surface area contributed by atoms with Crippen LogP contribution in [0.1, 0.15) is 0 Å². The zero-order valence-corrected chi connectivity index (χ0v) is 24.6. The van der Waals surface area contributed by atoms with Crippen LogP contribution >= 0.6 is 11.3 Å². The van der Waals surface area contributed by atoms with E-state index in [1.165, 1.54) is 15.8 Å². The smallest absolute Gasteiger partial charge is 0.161 e. The first-order chi connectivity index (χ1) is 22.3. The van der Waals surface area contributed by atoms with Crippen molar-refractivity contribution < 1.29 is 8.83 Å². The molecule has 4 nitrogen and oxygen atoms in total. The van der Waals surface area contributed by atoms with E-state index in [1.54, 1.807) is 11.3 Å². The molecule has 0 atom stereocenters. The van der Waals surface area contributed by atoms with E-state index >= 15 is 0 Å². The molecule has 0 amide bonds. The average molecular weight is 595 g/mol. The molecule has 0 fully saturated rings. The third-order valence-electron chi connectivity index (χ3n) is 8.72. The maximum atomic E-state index is 6.31. The maximum absolute atomic E-state index is 6.31. The summed E-state index contributed by atoms with van der Waals surface area (Å²) >= 11 is 1.74. The zero-order valence-electron chi connectivity index (χ0n) is 23.8. The molecule has 0 aliphatic carbocycles. The third-order valence-corrected chi connectivity index (χ3v) is 9.87. The van der Waals surface area contributed by atoms with E-state index in [4.69, 9.17) is 18.8 Å². The zero-order chi connectivity index (χ0) is 29.5. The molecule has 5 heteroatoms. The maximum Gasteiger partial charge on any atom is 0.161 e. The Bertz CT molecular complexity index is 2770. The molecule has 0 aliphatic heterocycles. The average Bonchev–Trinajstić information content (AvgIpc) is 3.78. The van der Waals surface area contributed by atoms with Gasteiger partial charge in [0.2, 0.25) is 0 Å². The van der Waals surface area contributed by atoms with E-state index in [-0.39, 0.29) is 0 Å². The molecule has 4 heterocycles. The van der Waals surface area contributed by atoms with Crippen LogP contribution in [0.25, 0.3) is 98.0 Å². The Kier molecular flexibility index (Phi) is 5.12. The van der Waals surface area contributed by atoms with E-state index < -0.39 is 0 Å². The molecule has 10 rings (SSSR count). The molecular formula is C40H22N2O2S. The first kappa shape index (κ1) is 24.6. The van der Waals surface area contributed by atoms with Crippen LogP contribution in [0.5, 0.6) is 0 Å². The standard InChI is InChI=1S/C40H22N2O2S/c1-2-9-23(10-3-1)24-17-20-29-35(22-24)45-39-37(25-18-19-27-26-11-4-6-14-31(26)44-34(27)21-25)41-40(42-38(29)39)30-13-8-16-33-36(30)28-12-5-7-15-32(28)43-33/h1-22H. The van der Waals surface area contributed by atoms with E-state index in [0.29, 0.717) is 5.82 Å². The van der Waals surface area contributed by atoms with Gasteiger partial charge in [0, 0.05) is 42.8 Å². The topological polar surface area (TPSA) is 52.1 Å². The summed E-state index contributed by atoms with van der Waals surface area (Å²) in [6, 6.07) is 46.1. The largest absolute Gasteiger partial charge is 0.456 e. The highest BCUT2D eigenvalue weighted by atomic mass is 32.1. The van der Waals surface area contributed by atoms with Crippen LogP contribution in [-0.4, -0.2) is 9.97 Å². The van der Waals surface area contributed by atoms with Crippen molar-refractivity contribution in [1.82, 2.24) is 9.97 Å². The van der Waals surface area contributed by atoms with Crippen LogP contribution in [0.4, 0.5) is 0 Å². The molecule has 0 N–H and O–H groups in total. The number of para-hydroxylation sites is 2. The second kappa shape index (κ2) is 9.36. The summed E-state index contributed by atoms with van der Waals surface area (Å²) in [4.78, 5) is 10.6. The van der Waals surface area contributed by atoms with Crippen molar-refractivity contribution >= 4 is 75.5 Å². The van der Waals surface area contributed by atoms with Gasteiger partial charge in [0.25, 0.3) is 0 Å². The number of fused-ring (bicyclic) bond motifs is 9. The van der Waals surface area contributed by atoms with Gasteiger partial charge in [-0.05, 0) is 47.5 Å². The number of rotatable bonds is 3. The fourth-order valence-corrected chi connectivity index (χ4v) is 7.80. The summed E-state index contributed by atoms with van der Waals surface area (Å²) in [7, 11) is 0. The van der Waals surface area contributed by atoms with Crippen molar-refractivity contribution in [2.24, 2.45) is 0 Å². The molecule has 0 unspecified atom stereocenters. The Balaban J connectivity index is 1.28. The normalized spacial score (nSPS) is 12.0. The summed E-state index contributed by atoms with van der Waals surface area (Å²) < 4.78 is 14.8. The fourth-order valence-electron chi connectivity index (χ4n) is 6.60. The Morgan fingerprint density at radius 1 is 0.467 bits per heavy atom. The summed E-state index contributed by atoms with van der Waals surface area (Å²) in [6.07, 6.45) is 0. The summed E-state index contributed by atoms with van der Waals surface area (Å²) in [5.41, 5.74) is 9.56. The highest BCUT2D eigenvalue weighted by molar-refractivity contribution is 7.26. The predicted molar refractivity (Wildman–Crippen MR) is 186 cm³/mol. The van der Waals surface area contributed by atoms with Gasteiger partial charge in [-0.1, -0.05) is 97.1 Å². The molecule has 6 aromatic carbocycles. The van der Waals surface area contributed by atoms with Crippen molar-refractivity contribution in [2.45, 2.75) is 0 Å². The van der Waals surface area contributed by atoms with Crippen LogP contribution in [0.3, 0.4) is 0 Å². The van der Waals surface area contributed by atoms with Crippen LogP contribution in [0.15, 0.2) is 142 Å². The molecule has 0 bridgehead atoms. The lowest BCUT2D eigenvalue weighted by atomic mass is 10.0. The number of benzene rings is 6. The molecule has 210 valence electrons. The van der Waals surface area contributed by atoms with Gasteiger partial charge in [-0.25, -0.2) is 9.97 Å². The van der Waals surface area contributed by atoms with E-state index in [0.717, 1.165) is 76.3 Å². The molecule has 0 saturated carbocycles. The number of furan rings is 2. The van der Waals surface area contributed by atoms with Crippen molar-refractivity contribution in [1.29, 1.82) is 0 Å². The highest BCUT2D eigenvalue weighted by Gasteiger charge is 2.21. The van der Waals surface area contributed by atoms with Crippen molar-refractivity contribution in [2.75, 3.05) is 0 Å². The molecule has 10 aromatic rings. The second-order valence-electron chi connectivity index (χ2n) is 11.3. The highest BCUT2D eigenvalue weighted by Crippen LogP contribution is 2.43. The third kappa shape index (κ3) is 3.71. The Labute approximate surface area is 260 Å². The molecular weight excluding hydrogens is 573 g/mol. The Morgan fingerprint density at radius 2 is 1.16 bits per heavy atom. The molecule has 0 spiro atoms. The van der Waals surface area contributed by atoms with Crippen molar-refractivity contribution in [3.8, 4) is 33.8 Å². The minimum absolute atomic E-state index is 0.672. The van der Waals surface area contributed by atoms with Crippen LogP contribution in [-0.2, 0) is 0 Å². The Hall–Kier alpha value is -5.78. The quantitative estimate of drug-likeness (QED) is 0.204. The van der Waals surface area contributed by atoms with E-state index in [9.17, 15) is 0 Å². The Morgan fingerprint density at radius 3 is 2.04 bits per heavy atom. The molecule has 0 aliphatic rings. The SMILES string of the molecule is c1ccc(-c2ccc3c(c2)sc2c(-c4ccc5c(c4)oc4ccccc45)nc(-c4cccc5oc6ccccc6c45)nc23)cc1. The first-order valence-electron chi connectivity index (χ1n) is 14.9. The van der Waals surface area contributed by atoms with Crippen LogP contribution in [0.2, 0.25) is 0 Å². The van der Waals surface area contributed by atoms with Gasteiger partial charge in [-0.3, -0.25) is 0 Å². The van der Waals surface area contributed by atoms with Gasteiger partial charge in [0.05, 0.1) is 15.9 Å². The number of hydrogen-bond donors (Lipinski definition) is 0. The predicted octanol–water partition coefficient (Wildman–Crippen LogP) is 11.6. The van der Waals surface area contributed by atoms with Crippen molar-refractivity contribution in [3.63, 3.8) is 0 Å². The number of nitrogens with zero attached hydrogens (tertiary/aromatic N) is 2. The summed E-state index contributed by atoms with van der Waals surface area (Å²) in [6.45, 7) is 0. The monoisotopic (exact) mass is 594 g/mol. The minimum atomic E-state index is 0.672. The summed E-state index contributed by atoms with van der Waals surface area (Å²) in [5, 5.41) is 5.41. The second-order valence-corrected chi connectivity index (χ2v) is 12.4. The van der Waals surface area contributed by atoms with Gasteiger partial charge in [-0.2, -0.15) is 0 Å². The molecule has 0 radical (unpaired) electrons. The van der Waals surface area contributed by atoms with Gasteiger partial charge in [0.15, 0.2) is 5.82 Å². The number of hydrogen-bond acceptors (Lipinski definition) is 5. The van der Waals surface area contributed by atoms with Gasteiger partial charge >= 0.3 is 0 Å². The number of aromatic nitrogens is 2. The first-order valence-corrected chi connectivity index (χ1v) is 15.7. The minimum Gasteiger partial charge on any atom is -0.456 e. The molecule has 0 saturated heterocycles. The molecule has 4 aromatic heterocycles. The fraction of sp³-hybridized carbons (Fsp3) is 0. The lowest BCUT2D eigenvalue weighted by Crippen LogP contribution is -1.94. The van der Waals surface area contributed by atoms with E-state index in [1.807, 2.05) is 54.6 Å². The van der Waals surface area contributed by atoms with Gasteiger partial charge in [-0.15, -0.1) is 11.3 Å². The van der Waals surface area contributed by atoms with Crippen LogP contribution < -0.4 is 0 Å². The molecule has 45 heavy (non-hydrogen) atoms. The van der Waals surface area contributed by atoms with Crippen molar-refractivity contribution in [3.05, 3.63) is 133 Å². The van der Waals surface area contributed by atoms with Gasteiger partial charge < -0.3 is 8.83 Å². The summed E-state index contributed by atoms with van der Waals surface area (Å²) in [5.74, 6) is 0.672. The number of thiophene rings is 1. The lowest BCUT2D eigenvalue weighted by Gasteiger charge is -2.08. The van der Waals surface area contributed by atoms with Crippen LogP contribution in [0, 0.1) is 0 Å². The van der Waals surface area contributed by atoms with E-state index in [2.05, 4.69) is 78.9 Å². The lowest BCUT2D eigenvalue weighted by molar-refractivity contribution is 0.668. The van der Waals surface area contributed by atoms with Gasteiger partial charge in [0.1, 0.15) is 22.3 Å².